The molecular weight excluding hydrogens is 436 g/mol. The average molecular weight is 460 g/mol. The molecule has 0 unspecified atom stereocenters. The van der Waals surface area contributed by atoms with E-state index in [4.69, 9.17) is 14.2 Å². The van der Waals surface area contributed by atoms with Crippen molar-refractivity contribution < 1.29 is 23.8 Å². The van der Waals surface area contributed by atoms with E-state index in [1.54, 1.807) is 38.6 Å². The van der Waals surface area contributed by atoms with Gasteiger partial charge in [0.2, 0.25) is 5.88 Å². The van der Waals surface area contributed by atoms with Crippen molar-refractivity contribution in [2.24, 2.45) is 0 Å². The number of ether oxygens (including phenoxy) is 3. The fraction of sp³-hybridized carbons (Fsp3) is 0.200. The topological polar surface area (TPSA) is 105 Å². The summed E-state index contributed by atoms with van der Waals surface area (Å²) in [5.41, 5.74) is 2.93. The number of rotatable bonds is 8. The van der Waals surface area contributed by atoms with Crippen LogP contribution in [0.4, 0.5) is 5.69 Å². The molecule has 3 aromatic heterocycles. The normalized spacial score (nSPS) is 10.7. The Balaban J connectivity index is 1.73. The fourth-order valence-electron chi connectivity index (χ4n) is 3.77. The molecule has 0 fully saturated rings. The maximum absolute atomic E-state index is 13.3. The van der Waals surface area contributed by atoms with E-state index in [9.17, 15) is 9.59 Å². The molecule has 1 N–H and O–H groups in total. The second-order valence-corrected chi connectivity index (χ2v) is 7.49. The summed E-state index contributed by atoms with van der Waals surface area (Å²) in [5.74, 6) is 0.145. The van der Waals surface area contributed by atoms with Crippen LogP contribution in [0.5, 0.6) is 17.4 Å². The van der Waals surface area contributed by atoms with E-state index in [0.29, 0.717) is 46.3 Å². The number of amides is 1. The van der Waals surface area contributed by atoms with Crippen molar-refractivity contribution in [2.75, 3.05) is 26.6 Å². The number of carbonyl (C=O) groups excluding carboxylic acids is 2. The number of anilines is 1. The third-order valence-corrected chi connectivity index (χ3v) is 5.52. The lowest BCUT2D eigenvalue weighted by Gasteiger charge is -2.09. The number of carbonyl (C=O) groups is 2. The van der Waals surface area contributed by atoms with Crippen LogP contribution in [0.25, 0.3) is 10.9 Å². The molecule has 9 nitrogen and oxygen atoms in total. The summed E-state index contributed by atoms with van der Waals surface area (Å²) in [5, 5.41) is 3.25. The van der Waals surface area contributed by atoms with Crippen molar-refractivity contribution in [2.45, 2.75) is 13.5 Å². The highest BCUT2D eigenvalue weighted by molar-refractivity contribution is 6.48. The average Bonchev–Trinajstić information content (AvgIpc) is 3.14. The van der Waals surface area contributed by atoms with Crippen molar-refractivity contribution in [3.05, 3.63) is 71.8 Å². The van der Waals surface area contributed by atoms with Crippen LogP contribution in [-0.4, -0.2) is 47.6 Å². The minimum Gasteiger partial charge on any atom is -0.497 e. The van der Waals surface area contributed by atoms with E-state index in [-0.39, 0.29) is 0 Å². The molecule has 0 spiro atoms. The Bertz CT molecular complexity index is 1360. The molecule has 0 bridgehead atoms. The molecule has 0 radical (unpaired) electrons. The molecule has 0 aliphatic heterocycles. The van der Waals surface area contributed by atoms with Crippen LogP contribution >= 0.6 is 0 Å². The van der Waals surface area contributed by atoms with Gasteiger partial charge in [0.15, 0.2) is 0 Å². The molecule has 9 heteroatoms. The Labute approximate surface area is 196 Å². The molecule has 34 heavy (non-hydrogen) atoms. The maximum Gasteiger partial charge on any atom is 0.296 e. The number of aromatic nitrogens is 3. The van der Waals surface area contributed by atoms with Gasteiger partial charge in [0, 0.05) is 34.5 Å². The molecule has 4 aromatic rings. The number of hydrogen-bond donors (Lipinski definition) is 1. The largest absolute Gasteiger partial charge is 0.497 e. The lowest BCUT2D eigenvalue weighted by molar-refractivity contribution is -0.112. The highest BCUT2D eigenvalue weighted by Gasteiger charge is 2.26. The smallest absolute Gasteiger partial charge is 0.296 e. The summed E-state index contributed by atoms with van der Waals surface area (Å²) in [6, 6.07) is 12.3. The zero-order valence-corrected chi connectivity index (χ0v) is 19.3. The summed E-state index contributed by atoms with van der Waals surface area (Å²) >= 11 is 0. The van der Waals surface area contributed by atoms with Crippen LogP contribution in [-0.2, 0) is 11.3 Å². The van der Waals surface area contributed by atoms with Crippen LogP contribution in [0, 0.1) is 6.92 Å². The van der Waals surface area contributed by atoms with Gasteiger partial charge in [-0.25, -0.2) is 4.98 Å². The molecule has 0 atom stereocenters. The van der Waals surface area contributed by atoms with Gasteiger partial charge in [-0.3, -0.25) is 14.6 Å². The summed E-state index contributed by atoms with van der Waals surface area (Å²) in [6.45, 7) is 2.22. The van der Waals surface area contributed by atoms with Crippen molar-refractivity contribution in [1.29, 1.82) is 0 Å². The van der Waals surface area contributed by atoms with Gasteiger partial charge in [0.25, 0.3) is 11.7 Å². The molecular formula is C25H24N4O5. The van der Waals surface area contributed by atoms with Gasteiger partial charge < -0.3 is 24.1 Å². The molecule has 1 aromatic carbocycles. The summed E-state index contributed by atoms with van der Waals surface area (Å²) < 4.78 is 17.6. The zero-order valence-electron chi connectivity index (χ0n) is 19.3. The summed E-state index contributed by atoms with van der Waals surface area (Å²) in [4.78, 5) is 34.7. The van der Waals surface area contributed by atoms with E-state index < -0.39 is 11.7 Å². The Morgan fingerprint density at radius 2 is 1.71 bits per heavy atom. The van der Waals surface area contributed by atoms with Gasteiger partial charge >= 0.3 is 0 Å². The number of nitrogens with zero attached hydrogens (tertiary/aromatic N) is 3. The molecule has 0 saturated heterocycles. The predicted octanol–water partition coefficient (Wildman–Crippen LogP) is 3.64. The van der Waals surface area contributed by atoms with E-state index in [1.165, 1.54) is 13.3 Å². The van der Waals surface area contributed by atoms with Gasteiger partial charge in [-0.2, -0.15) is 0 Å². The minimum atomic E-state index is -0.763. The number of ketones is 1. The number of pyridine rings is 2. The Morgan fingerprint density at radius 1 is 0.941 bits per heavy atom. The van der Waals surface area contributed by atoms with Gasteiger partial charge in [0.1, 0.15) is 11.5 Å². The van der Waals surface area contributed by atoms with Crippen molar-refractivity contribution in [3.63, 3.8) is 0 Å². The lowest BCUT2D eigenvalue weighted by Crippen LogP contribution is -2.23. The van der Waals surface area contributed by atoms with Crippen molar-refractivity contribution in [1.82, 2.24) is 14.5 Å². The minimum absolute atomic E-state index is 0.306. The standard InChI is InChI=1S/C25H24N4O5/c1-15-23(24(30)25(31)28-16-9-10-26-22(11-16)34-4)20-12-18(32-2)7-8-21(20)29(15)14-17-5-6-19(33-3)13-27-17/h5-13H,14H2,1-4H3,(H,26,28,31). The molecule has 4 rings (SSSR count). The first-order valence-electron chi connectivity index (χ1n) is 10.5. The lowest BCUT2D eigenvalue weighted by atomic mass is 10.1. The number of fused-ring (bicyclic) bond motifs is 1. The van der Waals surface area contributed by atoms with Crippen molar-refractivity contribution >= 4 is 28.3 Å². The van der Waals surface area contributed by atoms with E-state index in [0.717, 1.165) is 11.2 Å². The van der Waals surface area contributed by atoms with E-state index >= 15 is 0 Å². The molecule has 1 amide bonds. The summed E-state index contributed by atoms with van der Waals surface area (Å²) in [6.07, 6.45) is 3.13. The quantitative estimate of drug-likeness (QED) is 0.316. The number of methoxy groups -OCH3 is 3. The molecule has 174 valence electrons. The first-order chi connectivity index (χ1) is 16.4. The molecule has 0 aliphatic rings. The zero-order chi connectivity index (χ0) is 24.2. The Kier molecular flexibility index (Phi) is 6.44. The maximum atomic E-state index is 13.3. The van der Waals surface area contributed by atoms with Crippen LogP contribution in [0.3, 0.4) is 0 Å². The van der Waals surface area contributed by atoms with Crippen LogP contribution in [0.2, 0.25) is 0 Å². The first kappa shape index (κ1) is 22.8. The molecule has 0 saturated carbocycles. The number of Topliss-reactive ketones (excluding diaryl/α,β-unsaturated/α-hetero) is 1. The fourth-order valence-corrected chi connectivity index (χ4v) is 3.77. The third kappa shape index (κ3) is 4.40. The number of hydrogen-bond acceptors (Lipinski definition) is 7. The highest BCUT2D eigenvalue weighted by Crippen LogP contribution is 2.31. The molecule has 3 heterocycles. The van der Waals surface area contributed by atoms with Gasteiger partial charge in [0.05, 0.1) is 45.3 Å². The molecule has 0 aliphatic carbocycles. The van der Waals surface area contributed by atoms with Gasteiger partial charge in [-0.15, -0.1) is 0 Å². The Hall–Kier alpha value is -4.40. The summed E-state index contributed by atoms with van der Waals surface area (Å²) in [7, 11) is 4.61. The second-order valence-electron chi connectivity index (χ2n) is 7.49. The van der Waals surface area contributed by atoms with E-state index in [1.807, 2.05) is 35.8 Å². The highest BCUT2D eigenvalue weighted by atomic mass is 16.5. The number of nitrogens with one attached hydrogen (secondary N) is 1. The van der Waals surface area contributed by atoms with Crippen LogP contribution in [0.15, 0.2) is 54.9 Å². The van der Waals surface area contributed by atoms with Crippen LogP contribution in [0.1, 0.15) is 21.7 Å². The third-order valence-electron chi connectivity index (χ3n) is 5.52. The van der Waals surface area contributed by atoms with E-state index in [2.05, 4.69) is 15.3 Å². The van der Waals surface area contributed by atoms with Gasteiger partial charge in [-0.1, -0.05) is 0 Å². The monoisotopic (exact) mass is 460 g/mol. The van der Waals surface area contributed by atoms with Crippen molar-refractivity contribution in [3.8, 4) is 17.4 Å². The first-order valence-corrected chi connectivity index (χ1v) is 10.5. The predicted molar refractivity (Wildman–Crippen MR) is 127 cm³/mol. The second kappa shape index (κ2) is 9.62. The van der Waals surface area contributed by atoms with Gasteiger partial charge in [-0.05, 0) is 43.3 Å². The SMILES string of the molecule is COc1ccc(Cn2c(C)c(C(=O)C(=O)Nc3ccnc(OC)c3)c3cc(OC)ccc32)nc1. The van der Waals surface area contributed by atoms with Crippen LogP contribution < -0.4 is 19.5 Å². The number of benzene rings is 1. The Morgan fingerprint density at radius 3 is 2.38 bits per heavy atom.